The summed E-state index contributed by atoms with van der Waals surface area (Å²) in [5, 5.41) is 20.3. The minimum absolute atomic E-state index is 0.0351. The molecule has 0 amide bonds. The van der Waals surface area contributed by atoms with Gasteiger partial charge < -0.3 is 10.2 Å². The van der Waals surface area contributed by atoms with Crippen molar-refractivity contribution in [1.29, 1.82) is 0 Å². The summed E-state index contributed by atoms with van der Waals surface area (Å²) >= 11 is 0. The zero-order valence-electron chi connectivity index (χ0n) is 14.8. The Kier molecular flexibility index (Phi) is 3.37. The van der Waals surface area contributed by atoms with E-state index in [1.54, 1.807) is 0 Å². The molecule has 0 radical (unpaired) electrons. The van der Waals surface area contributed by atoms with Gasteiger partial charge in [-0.15, -0.1) is 0 Å². The Morgan fingerprint density at radius 3 is 2.52 bits per heavy atom. The van der Waals surface area contributed by atoms with Crippen LogP contribution < -0.4 is 0 Å². The molecule has 3 heteroatoms. The Balaban J connectivity index is 1.73. The van der Waals surface area contributed by atoms with Crippen LogP contribution in [0.3, 0.4) is 0 Å². The van der Waals surface area contributed by atoms with Crippen LogP contribution in [0.1, 0.15) is 65.7 Å². The van der Waals surface area contributed by atoms with E-state index in [0.29, 0.717) is 42.1 Å². The molecule has 0 aliphatic heterocycles. The number of rotatable bonds is 1. The highest BCUT2D eigenvalue weighted by Gasteiger charge is 2.66. The van der Waals surface area contributed by atoms with Crippen molar-refractivity contribution in [3.05, 3.63) is 0 Å². The normalized spacial score (nSPS) is 54.5. The number of aliphatic hydroxyl groups is 2. The molecule has 0 aromatic rings. The molecule has 3 nitrogen and oxygen atoms in total. The van der Waals surface area contributed by atoms with E-state index in [2.05, 4.69) is 20.8 Å². The van der Waals surface area contributed by atoms with Crippen molar-refractivity contribution in [3.63, 3.8) is 0 Å². The molecule has 23 heavy (non-hydrogen) atoms. The first-order valence-corrected chi connectivity index (χ1v) is 9.56. The fourth-order valence-corrected chi connectivity index (χ4v) is 7.94. The van der Waals surface area contributed by atoms with Crippen LogP contribution in [0.2, 0.25) is 0 Å². The third kappa shape index (κ3) is 1.93. The molecule has 0 heterocycles. The van der Waals surface area contributed by atoms with Gasteiger partial charge >= 0.3 is 0 Å². The van der Waals surface area contributed by atoms with Gasteiger partial charge in [-0.2, -0.15) is 0 Å². The summed E-state index contributed by atoms with van der Waals surface area (Å²) in [6, 6.07) is 0. The number of fused-ring (bicyclic) bond motifs is 3. The molecule has 0 aromatic carbocycles. The van der Waals surface area contributed by atoms with E-state index < -0.39 is 6.10 Å². The number of aliphatic hydroxyl groups excluding tert-OH is 2. The summed E-state index contributed by atoms with van der Waals surface area (Å²) in [6.45, 7) is 6.89. The van der Waals surface area contributed by atoms with E-state index in [1.165, 1.54) is 25.7 Å². The molecule has 4 saturated carbocycles. The van der Waals surface area contributed by atoms with E-state index >= 15 is 0 Å². The van der Waals surface area contributed by atoms with Gasteiger partial charge in [-0.1, -0.05) is 20.8 Å². The Labute approximate surface area is 139 Å². The summed E-state index contributed by atoms with van der Waals surface area (Å²) in [6.07, 6.45) is 7.00. The fourth-order valence-electron chi connectivity index (χ4n) is 7.94. The lowest BCUT2D eigenvalue weighted by molar-refractivity contribution is -0.186. The first-order valence-electron chi connectivity index (χ1n) is 9.56. The maximum atomic E-state index is 12.6. The van der Waals surface area contributed by atoms with Crippen molar-refractivity contribution in [3.8, 4) is 0 Å². The lowest BCUT2D eigenvalue weighted by atomic mass is 9.40. The zero-order valence-corrected chi connectivity index (χ0v) is 14.8. The maximum Gasteiger partial charge on any atom is 0.162 e. The summed E-state index contributed by atoms with van der Waals surface area (Å²) in [7, 11) is 0. The van der Waals surface area contributed by atoms with Crippen LogP contribution in [-0.4, -0.2) is 28.7 Å². The monoisotopic (exact) mass is 320 g/mol. The van der Waals surface area contributed by atoms with Crippen molar-refractivity contribution >= 4 is 5.78 Å². The van der Waals surface area contributed by atoms with Gasteiger partial charge in [-0.25, -0.2) is 0 Å². The van der Waals surface area contributed by atoms with Crippen molar-refractivity contribution in [1.82, 2.24) is 0 Å². The SMILES string of the molecule is CC1(C)[C@H]2CC[C@@]34C[C@@H](CC[C@H]3[C@]2(C)CC(=O)[C@@H]1O)[C@@H](CO)C4. The molecule has 4 fully saturated rings. The molecular formula is C20H32O3. The van der Waals surface area contributed by atoms with Crippen molar-refractivity contribution < 1.29 is 15.0 Å². The molecule has 0 saturated heterocycles. The molecule has 4 aliphatic carbocycles. The minimum atomic E-state index is -0.792. The first kappa shape index (κ1) is 16.1. The van der Waals surface area contributed by atoms with Crippen LogP contribution in [0.15, 0.2) is 0 Å². The van der Waals surface area contributed by atoms with Gasteiger partial charge in [0.25, 0.3) is 0 Å². The number of Topliss-reactive ketones (excluding diaryl/α,β-unsaturated/α-hetero) is 1. The zero-order chi connectivity index (χ0) is 16.6. The molecule has 0 aromatic heterocycles. The summed E-state index contributed by atoms with van der Waals surface area (Å²) in [5.74, 6) is 2.28. The van der Waals surface area contributed by atoms with Gasteiger partial charge in [0.05, 0.1) is 0 Å². The lowest BCUT2D eigenvalue weighted by Gasteiger charge is -2.64. The molecule has 2 N–H and O–H groups in total. The topological polar surface area (TPSA) is 57.5 Å². The molecule has 4 aliphatic rings. The average Bonchev–Trinajstić information content (AvgIpc) is 2.75. The number of hydrogen-bond acceptors (Lipinski definition) is 3. The van der Waals surface area contributed by atoms with E-state index in [1.807, 2.05) is 0 Å². The maximum absolute atomic E-state index is 12.6. The largest absolute Gasteiger partial charge is 0.396 e. The van der Waals surface area contributed by atoms with Gasteiger partial charge in [0.2, 0.25) is 0 Å². The van der Waals surface area contributed by atoms with E-state index in [0.717, 1.165) is 12.8 Å². The van der Waals surface area contributed by atoms with Crippen molar-refractivity contribution in [2.45, 2.75) is 71.8 Å². The Morgan fingerprint density at radius 1 is 1.09 bits per heavy atom. The minimum Gasteiger partial charge on any atom is -0.396 e. The van der Waals surface area contributed by atoms with Gasteiger partial charge in [0.15, 0.2) is 5.78 Å². The van der Waals surface area contributed by atoms with Crippen LogP contribution in [0.4, 0.5) is 0 Å². The van der Waals surface area contributed by atoms with Crippen molar-refractivity contribution in [2.75, 3.05) is 6.61 Å². The Bertz CT molecular complexity index is 527. The second-order valence-corrected chi connectivity index (χ2v) is 10.1. The first-order chi connectivity index (χ1) is 10.7. The second kappa shape index (κ2) is 4.82. The number of ketones is 1. The van der Waals surface area contributed by atoms with Crippen molar-refractivity contribution in [2.24, 2.45) is 39.9 Å². The molecule has 2 bridgehead atoms. The predicted molar refractivity (Wildman–Crippen MR) is 88.7 cm³/mol. The van der Waals surface area contributed by atoms with E-state index in [-0.39, 0.29) is 16.6 Å². The van der Waals surface area contributed by atoms with Gasteiger partial charge in [0.1, 0.15) is 6.10 Å². The highest BCUT2D eigenvalue weighted by Crippen LogP contribution is 2.71. The van der Waals surface area contributed by atoms with Crippen LogP contribution in [-0.2, 0) is 4.79 Å². The van der Waals surface area contributed by atoms with E-state index in [9.17, 15) is 15.0 Å². The molecule has 130 valence electrons. The second-order valence-electron chi connectivity index (χ2n) is 10.1. The Morgan fingerprint density at radius 2 is 1.83 bits per heavy atom. The molecule has 7 atom stereocenters. The van der Waals surface area contributed by atoms with Gasteiger partial charge in [-0.3, -0.25) is 4.79 Å². The van der Waals surface area contributed by atoms with E-state index in [4.69, 9.17) is 0 Å². The number of carbonyl (C=O) groups excluding carboxylic acids is 1. The van der Waals surface area contributed by atoms with Crippen LogP contribution >= 0.6 is 0 Å². The van der Waals surface area contributed by atoms with Crippen LogP contribution in [0.5, 0.6) is 0 Å². The third-order valence-corrected chi connectivity index (χ3v) is 8.79. The summed E-state index contributed by atoms with van der Waals surface area (Å²) in [5.41, 5.74) is 0.0884. The molecule has 0 unspecified atom stereocenters. The standard InChI is InChI=1S/C20H32O3/c1-18(2)15-6-7-20-8-12(13(9-20)11-21)4-5-16(20)19(15,3)10-14(22)17(18)23/h12-13,15-17,21,23H,4-11H2,1-3H3/t12-,13-,15-,16+,17+,19-,20+/m1/s1. The molecule has 1 spiro atoms. The fraction of sp³-hybridized carbons (Fsp3) is 0.950. The predicted octanol–water partition coefficient (Wildman–Crippen LogP) is 3.18. The van der Waals surface area contributed by atoms with Gasteiger partial charge in [0, 0.05) is 18.4 Å². The molecular weight excluding hydrogens is 288 g/mol. The Hall–Kier alpha value is -0.410. The summed E-state index contributed by atoms with van der Waals surface area (Å²) in [4.78, 5) is 12.6. The summed E-state index contributed by atoms with van der Waals surface area (Å²) < 4.78 is 0. The van der Waals surface area contributed by atoms with Crippen LogP contribution in [0, 0.1) is 39.9 Å². The molecule has 4 rings (SSSR count). The smallest absolute Gasteiger partial charge is 0.162 e. The quantitative estimate of drug-likeness (QED) is 0.780. The number of hydrogen-bond donors (Lipinski definition) is 2. The van der Waals surface area contributed by atoms with Gasteiger partial charge in [-0.05, 0) is 73.0 Å². The highest BCUT2D eigenvalue weighted by atomic mass is 16.3. The average molecular weight is 320 g/mol. The number of carbonyl (C=O) groups is 1. The lowest BCUT2D eigenvalue weighted by Crippen LogP contribution is -2.62. The highest BCUT2D eigenvalue weighted by molar-refractivity contribution is 5.85. The van der Waals surface area contributed by atoms with Crippen LogP contribution in [0.25, 0.3) is 0 Å². The third-order valence-electron chi connectivity index (χ3n) is 8.79.